The lowest BCUT2D eigenvalue weighted by Crippen LogP contribution is -2.05. The predicted molar refractivity (Wildman–Crippen MR) is 63.4 cm³/mol. The molecular formula is C12H15N3O2. The van der Waals surface area contributed by atoms with Crippen molar-refractivity contribution in [3.05, 3.63) is 36.2 Å². The monoisotopic (exact) mass is 233 g/mol. The molecule has 2 aromatic heterocycles. The van der Waals surface area contributed by atoms with Crippen LogP contribution in [0, 0.1) is 6.92 Å². The fourth-order valence-electron chi connectivity index (χ4n) is 1.70. The van der Waals surface area contributed by atoms with E-state index in [-0.39, 0.29) is 0 Å². The summed E-state index contributed by atoms with van der Waals surface area (Å²) in [6, 6.07) is 1.78. The maximum absolute atomic E-state index is 5.33. The molecule has 0 atom stereocenters. The summed E-state index contributed by atoms with van der Waals surface area (Å²) < 4.78 is 12.6. The summed E-state index contributed by atoms with van der Waals surface area (Å²) in [5.74, 6) is 2.30. The normalized spacial score (nSPS) is 10.3. The third-order valence-corrected chi connectivity index (χ3v) is 2.61. The average Bonchev–Trinajstić information content (AvgIpc) is 2.74. The zero-order valence-electron chi connectivity index (χ0n) is 10.2. The molecule has 2 aromatic rings. The molecule has 0 aliphatic heterocycles. The number of ether oxygens (including phenoxy) is 2. The minimum absolute atomic E-state index is 0.617. The SMILES string of the molecule is COc1ccnc(Cn2ccnc2C)c1OC. The first kappa shape index (κ1) is 11.4. The number of imidazole rings is 1. The molecule has 0 unspecified atom stereocenters. The van der Waals surface area contributed by atoms with Gasteiger partial charge in [-0.05, 0) is 6.92 Å². The van der Waals surface area contributed by atoms with Gasteiger partial charge in [0.1, 0.15) is 11.5 Å². The van der Waals surface area contributed by atoms with Gasteiger partial charge in [0.15, 0.2) is 11.5 Å². The molecule has 0 radical (unpaired) electrons. The van der Waals surface area contributed by atoms with Crippen LogP contribution in [-0.4, -0.2) is 28.8 Å². The van der Waals surface area contributed by atoms with Crippen LogP contribution in [0.1, 0.15) is 11.5 Å². The lowest BCUT2D eigenvalue weighted by atomic mass is 10.3. The summed E-state index contributed by atoms with van der Waals surface area (Å²) in [4.78, 5) is 8.49. The van der Waals surface area contributed by atoms with E-state index in [1.54, 1.807) is 32.7 Å². The van der Waals surface area contributed by atoms with Crippen molar-refractivity contribution in [3.63, 3.8) is 0 Å². The van der Waals surface area contributed by atoms with Crippen LogP contribution in [0.25, 0.3) is 0 Å². The Bertz CT molecular complexity index is 508. The third-order valence-electron chi connectivity index (χ3n) is 2.61. The van der Waals surface area contributed by atoms with E-state index in [4.69, 9.17) is 9.47 Å². The Morgan fingerprint density at radius 2 is 2.00 bits per heavy atom. The van der Waals surface area contributed by atoms with E-state index in [1.807, 2.05) is 17.7 Å². The van der Waals surface area contributed by atoms with Crippen molar-refractivity contribution in [2.45, 2.75) is 13.5 Å². The van der Waals surface area contributed by atoms with Gasteiger partial charge in [-0.1, -0.05) is 0 Å². The van der Waals surface area contributed by atoms with E-state index in [0.29, 0.717) is 18.0 Å². The second kappa shape index (κ2) is 4.86. The van der Waals surface area contributed by atoms with Gasteiger partial charge in [-0.2, -0.15) is 0 Å². The van der Waals surface area contributed by atoms with Gasteiger partial charge in [0, 0.05) is 24.7 Å². The second-order valence-electron chi connectivity index (χ2n) is 3.60. The molecule has 0 amide bonds. The van der Waals surface area contributed by atoms with Crippen LogP contribution >= 0.6 is 0 Å². The van der Waals surface area contributed by atoms with Crippen LogP contribution in [0.15, 0.2) is 24.7 Å². The van der Waals surface area contributed by atoms with Crippen molar-refractivity contribution in [1.29, 1.82) is 0 Å². The number of nitrogens with zero attached hydrogens (tertiary/aromatic N) is 3. The molecule has 0 N–H and O–H groups in total. The van der Waals surface area contributed by atoms with Crippen molar-refractivity contribution in [3.8, 4) is 11.5 Å². The first-order chi connectivity index (χ1) is 8.26. The van der Waals surface area contributed by atoms with Gasteiger partial charge in [0.2, 0.25) is 0 Å². The fourth-order valence-corrected chi connectivity index (χ4v) is 1.70. The largest absolute Gasteiger partial charge is 0.493 e. The molecule has 0 saturated heterocycles. The predicted octanol–water partition coefficient (Wildman–Crippen LogP) is 1.65. The summed E-state index contributed by atoms with van der Waals surface area (Å²) >= 11 is 0. The molecule has 5 nitrogen and oxygen atoms in total. The van der Waals surface area contributed by atoms with Gasteiger partial charge < -0.3 is 14.0 Å². The first-order valence-corrected chi connectivity index (χ1v) is 5.30. The molecule has 0 aliphatic carbocycles. The highest BCUT2D eigenvalue weighted by Gasteiger charge is 2.11. The zero-order chi connectivity index (χ0) is 12.3. The van der Waals surface area contributed by atoms with E-state index in [2.05, 4.69) is 9.97 Å². The quantitative estimate of drug-likeness (QED) is 0.805. The number of aromatic nitrogens is 3. The molecule has 0 aliphatic rings. The Hall–Kier alpha value is -2.04. The van der Waals surface area contributed by atoms with Crippen molar-refractivity contribution < 1.29 is 9.47 Å². The third kappa shape index (κ3) is 2.22. The summed E-state index contributed by atoms with van der Waals surface area (Å²) in [5, 5.41) is 0. The van der Waals surface area contributed by atoms with Crippen LogP contribution in [0.5, 0.6) is 11.5 Å². The van der Waals surface area contributed by atoms with Gasteiger partial charge in [-0.15, -0.1) is 0 Å². The number of aryl methyl sites for hydroxylation is 1. The summed E-state index contributed by atoms with van der Waals surface area (Å²) in [6.07, 6.45) is 5.39. The van der Waals surface area contributed by atoms with Gasteiger partial charge in [0.05, 0.1) is 20.8 Å². The topological polar surface area (TPSA) is 49.2 Å². The maximum atomic E-state index is 5.33. The van der Waals surface area contributed by atoms with E-state index in [0.717, 1.165) is 11.5 Å². The van der Waals surface area contributed by atoms with Gasteiger partial charge >= 0.3 is 0 Å². The number of rotatable bonds is 4. The Kier molecular flexibility index (Phi) is 3.27. The van der Waals surface area contributed by atoms with Crippen LogP contribution in [0.4, 0.5) is 0 Å². The standard InChI is InChI=1S/C12H15N3O2/c1-9-13-6-7-15(9)8-10-12(17-3)11(16-2)4-5-14-10/h4-7H,8H2,1-3H3. The number of pyridine rings is 1. The van der Waals surface area contributed by atoms with Crippen LogP contribution in [0.2, 0.25) is 0 Å². The molecule has 0 fully saturated rings. The summed E-state index contributed by atoms with van der Waals surface area (Å²) in [7, 11) is 3.23. The highest BCUT2D eigenvalue weighted by atomic mass is 16.5. The lowest BCUT2D eigenvalue weighted by Gasteiger charge is -2.12. The van der Waals surface area contributed by atoms with Gasteiger partial charge in [-0.3, -0.25) is 4.98 Å². The van der Waals surface area contributed by atoms with Crippen molar-refractivity contribution in [2.24, 2.45) is 0 Å². The molecule has 2 rings (SSSR count). The Balaban J connectivity index is 2.36. The maximum Gasteiger partial charge on any atom is 0.184 e. The molecule has 0 bridgehead atoms. The minimum Gasteiger partial charge on any atom is -0.493 e. The molecule has 17 heavy (non-hydrogen) atoms. The molecule has 5 heteroatoms. The Morgan fingerprint density at radius 1 is 1.18 bits per heavy atom. The second-order valence-corrected chi connectivity index (χ2v) is 3.60. The minimum atomic E-state index is 0.617. The van der Waals surface area contributed by atoms with Gasteiger partial charge in [-0.25, -0.2) is 4.98 Å². The Morgan fingerprint density at radius 3 is 2.59 bits per heavy atom. The smallest absolute Gasteiger partial charge is 0.184 e. The summed E-state index contributed by atoms with van der Waals surface area (Å²) in [5.41, 5.74) is 0.827. The van der Waals surface area contributed by atoms with Crippen LogP contribution < -0.4 is 9.47 Å². The number of hydrogen-bond donors (Lipinski definition) is 0. The van der Waals surface area contributed by atoms with Crippen molar-refractivity contribution in [1.82, 2.24) is 14.5 Å². The van der Waals surface area contributed by atoms with Crippen molar-refractivity contribution >= 4 is 0 Å². The van der Waals surface area contributed by atoms with Crippen LogP contribution in [0.3, 0.4) is 0 Å². The van der Waals surface area contributed by atoms with E-state index in [1.165, 1.54) is 0 Å². The highest BCUT2D eigenvalue weighted by molar-refractivity contribution is 5.42. The van der Waals surface area contributed by atoms with E-state index in [9.17, 15) is 0 Å². The molecule has 90 valence electrons. The van der Waals surface area contributed by atoms with Crippen molar-refractivity contribution in [2.75, 3.05) is 14.2 Å². The van der Waals surface area contributed by atoms with E-state index >= 15 is 0 Å². The number of methoxy groups -OCH3 is 2. The average molecular weight is 233 g/mol. The molecule has 0 saturated carbocycles. The summed E-state index contributed by atoms with van der Waals surface area (Å²) in [6.45, 7) is 2.57. The Labute approximate surface area is 100 Å². The molecule has 2 heterocycles. The van der Waals surface area contributed by atoms with Crippen LogP contribution in [-0.2, 0) is 6.54 Å². The first-order valence-electron chi connectivity index (χ1n) is 5.30. The lowest BCUT2D eigenvalue weighted by molar-refractivity contribution is 0.348. The molecule has 0 aromatic carbocycles. The molecular weight excluding hydrogens is 218 g/mol. The van der Waals surface area contributed by atoms with Gasteiger partial charge in [0.25, 0.3) is 0 Å². The van der Waals surface area contributed by atoms with E-state index < -0.39 is 0 Å². The highest BCUT2D eigenvalue weighted by Crippen LogP contribution is 2.29. The number of hydrogen-bond acceptors (Lipinski definition) is 4. The fraction of sp³-hybridized carbons (Fsp3) is 0.333. The molecule has 0 spiro atoms. The zero-order valence-corrected chi connectivity index (χ0v) is 10.2.